The van der Waals surface area contributed by atoms with Crippen LogP contribution in [0.3, 0.4) is 0 Å². The molecular weight excluding hydrogens is 338 g/mol. The van der Waals surface area contributed by atoms with E-state index in [0.29, 0.717) is 10.6 Å². The van der Waals surface area contributed by atoms with Crippen LogP contribution in [0.15, 0.2) is 41.8 Å². The van der Waals surface area contributed by atoms with Gasteiger partial charge in [-0.25, -0.2) is 0 Å². The number of carbonyl (C=O) groups is 3. The van der Waals surface area contributed by atoms with Gasteiger partial charge >= 0.3 is 5.97 Å². The van der Waals surface area contributed by atoms with E-state index in [2.05, 4.69) is 12.2 Å². The first kappa shape index (κ1) is 18.9. The van der Waals surface area contributed by atoms with Gasteiger partial charge in [0.05, 0.1) is 11.3 Å². The number of hydrogen-bond donors (Lipinski definition) is 1. The molecule has 5 nitrogen and oxygen atoms in total. The zero-order valence-electron chi connectivity index (χ0n) is 14.3. The maximum absolute atomic E-state index is 12.1. The first-order chi connectivity index (χ1) is 12.0. The van der Waals surface area contributed by atoms with Gasteiger partial charge in [-0.05, 0) is 42.5 Å². The minimum absolute atomic E-state index is 0.0421. The van der Waals surface area contributed by atoms with Gasteiger partial charge in [0.2, 0.25) is 0 Å². The van der Waals surface area contributed by atoms with Gasteiger partial charge in [0.1, 0.15) is 0 Å². The average Bonchev–Trinajstić information content (AvgIpc) is 3.15. The van der Waals surface area contributed by atoms with E-state index < -0.39 is 18.0 Å². The van der Waals surface area contributed by atoms with Gasteiger partial charge in [-0.1, -0.05) is 25.1 Å². The van der Waals surface area contributed by atoms with Crippen molar-refractivity contribution in [1.82, 2.24) is 0 Å². The summed E-state index contributed by atoms with van der Waals surface area (Å²) in [6.45, 7) is 3.56. The number of amides is 1. The maximum atomic E-state index is 12.1. The first-order valence-electron chi connectivity index (χ1n) is 8.15. The highest BCUT2D eigenvalue weighted by Gasteiger charge is 2.19. The summed E-state index contributed by atoms with van der Waals surface area (Å²) in [5.74, 6) is -1.06. The summed E-state index contributed by atoms with van der Waals surface area (Å²) < 4.78 is 5.10. The van der Waals surface area contributed by atoms with Gasteiger partial charge in [-0.15, -0.1) is 11.3 Å². The molecule has 1 amide bonds. The molecule has 0 bridgehead atoms. The SMILES string of the molecule is CCc1ccc(NC(=O)[C@H](C)OC(=O)CCC(=O)c2cccs2)cc1. The molecule has 1 aromatic heterocycles. The molecule has 6 heteroatoms. The summed E-state index contributed by atoms with van der Waals surface area (Å²) in [6.07, 6.45) is 0.0354. The molecule has 2 aromatic rings. The van der Waals surface area contributed by atoms with Gasteiger partial charge < -0.3 is 10.1 Å². The lowest BCUT2D eigenvalue weighted by Gasteiger charge is -2.13. The molecule has 0 saturated carbocycles. The molecule has 1 atom stereocenters. The molecule has 1 aromatic carbocycles. The zero-order valence-corrected chi connectivity index (χ0v) is 15.1. The smallest absolute Gasteiger partial charge is 0.307 e. The molecule has 0 spiro atoms. The summed E-state index contributed by atoms with van der Waals surface area (Å²) in [6, 6.07) is 11.0. The quantitative estimate of drug-likeness (QED) is 0.574. The third-order valence-electron chi connectivity index (χ3n) is 3.66. The monoisotopic (exact) mass is 359 g/mol. The predicted molar refractivity (Wildman–Crippen MR) is 97.9 cm³/mol. The van der Waals surface area contributed by atoms with Crippen LogP contribution < -0.4 is 5.32 Å². The van der Waals surface area contributed by atoms with Crippen molar-refractivity contribution in [3.63, 3.8) is 0 Å². The maximum Gasteiger partial charge on any atom is 0.307 e. The van der Waals surface area contributed by atoms with Crippen molar-refractivity contribution in [2.75, 3.05) is 5.32 Å². The Hall–Kier alpha value is -2.47. The normalized spacial score (nSPS) is 11.6. The Morgan fingerprint density at radius 1 is 1.12 bits per heavy atom. The molecule has 1 heterocycles. The Balaban J connectivity index is 1.77. The summed E-state index contributed by atoms with van der Waals surface area (Å²) in [5, 5.41) is 4.51. The van der Waals surface area contributed by atoms with E-state index in [-0.39, 0.29) is 18.6 Å². The summed E-state index contributed by atoms with van der Waals surface area (Å²) in [7, 11) is 0. The Labute approximate surface area is 151 Å². The second kappa shape index (κ2) is 9.13. The van der Waals surface area contributed by atoms with Crippen molar-refractivity contribution in [2.24, 2.45) is 0 Å². The molecule has 1 N–H and O–H groups in total. The predicted octanol–water partition coefficient (Wildman–Crippen LogP) is 3.84. The standard InChI is InChI=1S/C19H21NO4S/c1-3-14-6-8-15(9-7-14)20-19(23)13(2)24-18(22)11-10-16(21)17-5-4-12-25-17/h4-9,12-13H,3,10-11H2,1-2H3,(H,20,23)/t13-/m0/s1. The lowest BCUT2D eigenvalue weighted by atomic mass is 10.1. The molecule has 0 aliphatic rings. The summed E-state index contributed by atoms with van der Waals surface area (Å²) in [4.78, 5) is 36.4. The van der Waals surface area contributed by atoms with E-state index in [4.69, 9.17) is 4.74 Å². The van der Waals surface area contributed by atoms with Gasteiger partial charge in [0.25, 0.3) is 5.91 Å². The Morgan fingerprint density at radius 2 is 1.84 bits per heavy atom. The fourth-order valence-electron chi connectivity index (χ4n) is 2.15. The van der Waals surface area contributed by atoms with E-state index in [9.17, 15) is 14.4 Å². The van der Waals surface area contributed by atoms with Gasteiger partial charge in [0, 0.05) is 12.1 Å². The third kappa shape index (κ3) is 5.83. The Morgan fingerprint density at radius 3 is 2.44 bits per heavy atom. The number of esters is 1. The molecule has 0 fully saturated rings. The first-order valence-corrected chi connectivity index (χ1v) is 9.03. The molecule has 0 unspecified atom stereocenters. The third-order valence-corrected chi connectivity index (χ3v) is 4.57. The van der Waals surface area contributed by atoms with Crippen LogP contribution in [0.1, 0.15) is 41.9 Å². The number of hydrogen-bond acceptors (Lipinski definition) is 5. The van der Waals surface area contributed by atoms with Gasteiger partial charge in [-0.2, -0.15) is 0 Å². The van der Waals surface area contributed by atoms with Crippen molar-refractivity contribution in [1.29, 1.82) is 0 Å². The van der Waals surface area contributed by atoms with E-state index in [1.165, 1.54) is 23.8 Å². The van der Waals surface area contributed by atoms with E-state index >= 15 is 0 Å². The molecule has 0 aliphatic carbocycles. The number of ether oxygens (including phenoxy) is 1. The molecule has 132 valence electrons. The number of rotatable bonds is 8. The van der Waals surface area contributed by atoms with E-state index in [1.54, 1.807) is 12.1 Å². The zero-order chi connectivity index (χ0) is 18.2. The van der Waals surface area contributed by atoms with Gasteiger partial charge in [0.15, 0.2) is 11.9 Å². The van der Waals surface area contributed by atoms with Crippen LogP contribution in [-0.2, 0) is 20.7 Å². The van der Waals surface area contributed by atoms with Crippen LogP contribution in [0.2, 0.25) is 0 Å². The number of Topliss-reactive ketones (excluding diaryl/α,β-unsaturated/α-hetero) is 1. The van der Waals surface area contributed by atoms with Crippen molar-refractivity contribution < 1.29 is 19.1 Å². The Bertz CT molecular complexity index is 722. The lowest BCUT2D eigenvalue weighted by molar-refractivity contribution is -0.153. The van der Waals surface area contributed by atoms with Crippen molar-refractivity contribution >= 4 is 34.7 Å². The molecule has 2 rings (SSSR count). The molecule has 0 saturated heterocycles. The Kier molecular flexibility index (Phi) is 6.89. The molecule has 25 heavy (non-hydrogen) atoms. The minimum Gasteiger partial charge on any atom is -0.453 e. The molecule has 0 aliphatic heterocycles. The highest BCUT2D eigenvalue weighted by atomic mass is 32.1. The van der Waals surface area contributed by atoms with Crippen LogP contribution in [0.4, 0.5) is 5.69 Å². The summed E-state index contributed by atoms with van der Waals surface area (Å²) >= 11 is 1.34. The second-order valence-electron chi connectivity index (χ2n) is 5.57. The van der Waals surface area contributed by atoms with Crippen LogP contribution in [0.25, 0.3) is 0 Å². The van der Waals surface area contributed by atoms with Crippen molar-refractivity contribution in [3.05, 3.63) is 52.2 Å². The van der Waals surface area contributed by atoms with Crippen molar-refractivity contribution in [3.8, 4) is 0 Å². The number of ketones is 1. The fourth-order valence-corrected chi connectivity index (χ4v) is 2.85. The fraction of sp³-hybridized carbons (Fsp3) is 0.316. The highest BCUT2D eigenvalue weighted by Crippen LogP contribution is 2.14. The molecule has 0 radical (unpaired) electrons. The van der Waals surface area contributed by atoms with Crippen LogP contribution in [0.5, 0.6) is 0 Å². The number of thiophene rings is 1. The summed E-state index contributed by atoms with van der Waals surface area (Å²) in [5.41, 5.74) is 1.82. The van der Waals surface area contributed by atoms with E-state index in [0.717, 1.165) is 6.42 Å². The largest absolute Gasteiger partial charge is 0.453 e. The van der Waals surface area contributed by atoms with E-state index in [1.807, 2.05) is 29.6 Å². The number of anilines is 1. The number of nitrogens with one attached hydrogen (secondary N) is 1. The topological polar surface area (TPSA) is 72.5 Å². The number of aryl methyl sites for hydroxylation is 1. The second-order valence-corrected chi connectivity index (χ2v) is 6.52. The highest BCUT2D eigenvalue weighted by molar-refractivity contribution is 7.12. The minimum atomic E-state index is -0.921. The molecular formula is C19H21NO4S. The number of carbonyl (C=O) groups excluding carboxylic acids is 3. The lowest BCUT2D eigenvalue weighted by Crippen LogP contribution is -2.30. The number of benzene rings is 1. The average molecular weight is 359 g/mol. The van der Waals surface area contributed by atoms with Crippen LogP contribution in [-0.4, -0.2) is 23.8 Å². The van der Waals surface area contributed by atoms with Gasteiger partial charge in [-0.3, -0.25) is 14.4 Å². The van der Waals surface area contributed by atoms with Crippen LogP contribution >= 0.6 is 11.3 Å². The van der Waals surface area contributed by atoms with Crippen LogP contribution in [0, 0.1) is 0 Å². The van der Waals surface area contributed by atoms with Crippen molar-refractivity contribution in [2.45, 2.75) is 39.2 Å².